The van der Waals surface area contributed by atoms with E-state index in [2.05, 4.69) is 16.8 Å². The average molecular weight is 477 g/mol. The molecule has 0 aliphatic heterocycles. The zero-order chi connectivity index (χ0) is 23.8. The lowest BCUT2D eigenvalue weighted by molar-refractivity contribution is -0.121. The minimum absolute atomic E-state index is 0.0589. The number of amides is 1. The van der Waals surface area contributed by atoms with Crippen molar-refractivity contribution in [2.45, 2.75) is 89.0 Å². The van der Waals surface area contributed by atoms with Crippen molar-refractivity contribution >= 4 is 27.0 Å². The van der Waals surface area contributed by atoms with Gasteiger partial charge in [-0.3, -0.25) is 4.79 Å². The van der Waals surface area contributed by atoms with Crippen LogP contribution in [0.15, 0.2) is 23.1 Å². The highest BCUT2D eigenvalue weighted by Gasteiger charge is 2.20. The summed E-state index contributed by atoms with van der Waals surface area (Å²) < 4.78 is 28.4. The number of sulfonamides is 1. The zero-order valence-electron chi connectivity index (χ0n) is 20.5. The molecule has 1 N–H and O–H groups in total. The number of rotatable bonds is 12. The van der Waals surface area contributed by atoms with Gasteiger partial charge in [0.2, 0.25) is 15.9 Å². The third-order valence-electron chi connectivity index (χ3n) is 6.72. The highest BCUT2D eigenvalue weighted by molar-refractivity contribution is 7.89. The second-order valence-electron chi connectivity index (χ2n) is 9.47. The highest BCUT2D eigenvalue weighted by atomic mass is 32.2. The molecule has 0 bridgehead atoms. The van der Waals surface area contributed by atoms with Crippen LogP contribution in [0.3, 0.4) is 0 Å². The molecule has 1 saturated carbocycles. The van der Waals surface area contributed by atoms with Gasteiger partial charge in [0.05, 0.1) is 15.9 Å². The molecule has 8 heteroatoms. The first-order chi connectivity index (χ1) is 15.8. The normalized spacial score (nSPS) is 15.4. The van der Waals surface area contributed by atoms with Gasteiger partial charge in [0.15, 0.2) is 0 Å². The summed E-state index contributed by atoms with van der Waals surface area (Å²) in [5, 5.41) is 3.07. The predicted octanol–water partition coefficient (Wildman–Crippen LogP) is 4.50. The van der Waals surface area contributed by atoms with Crippen LogP contribution in [0.25, 0.3) is 11.0 Å². The van der Waals surface area contributed by atoms with Gasteiger partial charge in [0, 0.05) is 40.0 Å². The fraction of sp³-hybridized carbons (Fsp3) is 0.680. The Balaban J connectivity index is 1.62. The van der Waals surface area contributed by atoms with Gasteiger partial charge < -0.3 is 9.88 Å². The molecule has 1 fully saturated rings. The molecule has 1 aliphatic rings. The molecule has 0 atom stereocenters. The number of aromatic nitrogens is 2. The average Bonchev–Trinajstić information content (AvgIpc) is 3.16. The molecule has 3 rings (SSSR count). The summed E-state index contributed by atoms with van der Waals surface area (Å²) in [6, 6.07) is 5.12. The van der Waals surface area contributed by atoms with E-state index in [-0.39, 0.29) is 10.8 Å². The lowest BCUT2D eigenvalue weighted by Gasteiger charge is -2.21. The van der Waals surface area contributed by atoms with Crippen molar-refractivity contribution in [3.05, 3.63) is 24.0 Å². The maximum atomic E-state index is 12.5. The Morgan fingerprint density at radius 1 is 1.18 bits per heavy atom. The van der Waals surface area contributed by atoms with Crippen LogP contribution >= 0.6 is 0 Å². The van der Waals surface area contributed by atoms with E-state index >= 15 is 0 Å². The molecular formula is C25H40N4O3S. The lowest BCUT2D eigenvalue weighted by Crippen LogP contribution is -2.25. The lowest BCUT2D eigenvalue weighted by atomic mass is 9.86. The predicted molar refractivity (Wildman–Crippen MR) is 133 cm³/mol. The second-order valence-corrected chi connectivity index (χ2v) is 11.6. The van der Waals surface area contributed by atoms with Gasteiger partial charge in [-0.25, -0.2) is 17.7 Å². The maximum Gasteiger partial charge on any atom is 0.242 e. The SMILES string of the molecule is CCCCn1c(CCC(=O)NCCCC2CCCCC2)nc2cc(S(=O)(=O)N(C)C)ccc21. The molecular weight excluding hydrogens is 436 g/mol. The smallest absolute Gasteiger partial charge is 0.242 e. The molecule has 1 aliphatic carbocycles. The molecule has 0 saturated heterocycles. The summed E-state index contributed by atoms with van der Waals surface area (Å²) in [5.74, 6) is 1.74. The van der Waals surface area contributed by atoms with Crippen molar-refractivity contribution in [1.29, 1.82) is 0 Å². The van der Waals surface area contributed by atoms with Gasteiger partial charge in [-0.15, -0.1) is 0 Å². The van der Waals surface area contributed by atoms with Crippen LogP contribution in [0, 0.1) is 5.92 Å². The van der Waals surface area contributed by atoms with Gasteiger partial charge in [-0.05, 0) is 43.4 Å². The van der Waals surface area contributed by atoms with Crippen molar-refractivity contribution in [3.8, 4) is 0 Å². The Morgan fingerprint density at radius 3 is 2.64 bits per heavy atom. The van der Waals surface area contributed by atoms with E-state index in [1.54, 1.807) is 12.1 Å². The summed E-state index contributed by atoms with van der Waals surface area (Å²) >= 11 is 0. The second kappa shape index (κ2) is 12.0. The molecule has 1 aromatic heterocycles. The number of nitrogens with one attached hydrogen (secondary N) is 1. The number of fused-ring (bicyclic) bond motifs is 1. The van der Waals surface area contributed by atoms with E-state index in [1.165, 1.54) is 56.9 Å². The van der Waals surface area contributed by atoms with Crippen LogP contribution in [-0.4, -0.2) is 48.8 Å². The number of unbranched alkanes of at least 4 members (excludes halogenated alkanes) is 1. The topological polar surface area (TPSA) is 84.3 Å². The van der Waals surface area contributed by atoms with Crippen LogP contribution in [0.1, 0.15) is 77.0 Å². The van der Waals surface area contributed by atoms with Gasteiger partial charge in [0.1, 0.15) is 5.82 Å². The van der Waals surface area contributed by atoms with Crippen molar-refractivity contribution < 1.29 is 13.2 Å². The number of nitrogens with zero attached hydrogens (tertiary/aromatic N) is 3. The van der Waals surface area contributed by atoms with Crippen molar-refractivity contribution in [2.75, 3.05) is 20.6 Å². The number of carbonyl (C=O) groups is 1. The third-order valence-corrected chi connectivity index (χ3v) is 8.54. The van der Waals surface area contributed by atoms with E-state index in [9.17, 15) is 13.2 Å². The summed E-state index contributed by atoms with van der Waals surface area (Å²) in [7, 11) is -0.463. The van der Waals surface area contributed by atoms with Crippen LogP contribution < -0.4 is 5.32 Å². The van der Waals surface area contributed by atoms with E-state index in [0.29, 0.717) is 18.4 Å². The molecule has 0 unspecified atom stereocenters. The molecule has 1 aromatic carbocycles. The van der Waals surface area contributed by atoms with Gasteiger partial charge >= 0.3 is 0 Å². The number of benzene rings is 1. The largest absolute Gasteiger partial charge is 0.356 e. The highest BCUT2D eigenvalue weighted by Crippen LogP contribution is 2.27. The molecule has 1 heterocycles. The van der Waals surface area contributed by atoms with E-state index in [0.717, 1.165) is 49.6 Å². The van der Waals surface area contributed by atoms with Crippen LogP contribution in [-0.2, 0) is 27.8 Å². The molecule has 2 aromatic rings. The summed E-state index contributed by atoms with van der Waals surface area (Å²) in [5.41, 5.74) is 1.58. The third kappa shape index (κ3) is 6.79. The number of aryl methyl sites for hydroxylation is 2. The molecule has 0 radical (unpaired) electrons. The van der Waals surface area contributed by atoms with E-state index in [1.807, 2.05) is 6.07 Å². The van der Waals surface area contributed by atoms with Crippen LogP contribution in [0.2, 0.25) is 0 Å². The molecule has 33 heavy (non-hydrogen) atoms. The monoisotopic (exact) mass is 476 g/mol. The van der Waals surface area contributed by atoms with Gasteiger partial charge in [-0.2, -0.15) is 0 Å². The maximum absolute atomic E-state index is 12.5. The van der Waals surface area contributed by atoms with Gasteiger partial charge in [-0.1, -0.05) is 45.4 Å². The molecule has 0 spiro atoms. The first kappa shape index (κ1) is 25.7. The number of hydrogen-bond donors (Lipinski definition) is 1. The minimum atomic E-state index is -3.52. The molecule has 184 valence electrons. The van der Waals surface area contributed by atoms with Crippen molar-refractivity contribution in [3.63, 3.8) is 0 Å². The van der Waals surface area contributed by atoms with Crippen molar-refractivity contribution in [1.82, 2.24) is 19.2 Å². The Hall–Kier alpha value is -1.93. The first-order valence-corrected chi connectivity index (χ1v) is 13.9. The van der Waals surface area contributed by atoms with E-state index in [4.69, 9.17) is 4.98 Å². The fourth-order valence-corrected chi connectivity index (χ4v) is 5.62. The summed E-state index contributed by atoms with van der Waals surface area (Å²) in [4.78, 5) is 17.4. The molecule has 7 nitrogen and oxygen atoms in total. The first-order valence-electron chi connectivity index (χ1n) is 12.5. The minimum Gasteiger partial charge on any atom is -0.356 e. The fourth-order valence-electron chi connectivity index (χ4n) is 4.70. The Kier molecular flexibility index (Phi) is 9.32. The molecule has 1 amide bonds. The Labute approximate surface area is 199 Å². The Morgan fingerprint density at radius 2 is 1.94 bits per heavy atom. The standard InChI is InChI=1S/C25H40N4O3S/c1-4-5-18-29-23-14-13-21(33(31,32)28(2)3)19-22(23)27-24(29)15-16-25(30)26-17-9-12-20-10-7-6-8-11-20/h13-14,19-20H,4-12,15-18H2,1-3H3,(H,26,30). The zero-order valence-corrected chi connectivity index (χ0v) is 21.3. The number of carbonyl (C=O) groups excluding carboxylic acids is 1. The van der Waals surface area contributed by atoms with Gasteiger partial charge in [0.25, 0.3) is 0 Å². The van der Waals surface area contributed by atoms with Crippen LogP contribution in [0.5, 0.6) is 0 Å². The Bertz CT molecular complexity index is 1020. The quantitative estimate of drug-likeness (QED) is 0.457. The van der Waals surface area contributed by atoms with Crippen molar-refractivity contribution in [2.24, 2.45) is 5.92 Å². The van der Waals surface area contributed by atoms with Crippen LogP contribution in [0.4, 0.5) is 0 Å². The number of hydrogen-bond acceptors (Lipinski definition) is 4. The summed E-state index contributed by atoms with van der Waals surface area (Å²) in [6.45, 7) is 3.69. The van der Waals surface area contributed by atoms with E-state index < -0.39 is 10.0 Å². The summed E-state index contributed by atoms with van der Waals surface area (Å²) in [6.07, 6.45) is 12.0. The number of imidazole rings is 1.